The second-order valence-corrected chi connectivity index (χ2v) is 6.73. The zero-order valence-electron chi connectivity index (χ0n) is 15.2. The predicted molar refractivity (Wildman–Crippen MR) is 87.0 cm³/mol. The van der Waals surface area contributed by atoms with Crippen molar-refractivity contribution in [3.05, 3.63) is 0 Å². The van der Waals surface area contributed by atoms with E-state index in [4.69, 9.17) is 9.47 Å². The third kappa shape index (κ3) is 7.49. The van der Waals surface area contributed by atoms with Gasteiger partial charge in [-0.25, -0.2) is 0 Å². The summed E-state index contributed by atoms with van der Waals surface area (Å²) >= 11 is 0. The lowest BCUT2D eigenvalue weighted by molar-refractivity contribution is -0.158. The minimum Gasteiger partial charge on any atom is -0.446 e. The van der Waals surface area contributed by atoms with E-state index in [1.165, 1.54) is 0 Å². The molecule has 0 fully saturated rings. The number of hydrogen-bond acceptors (Lipinski definition) is 4. The normalized spacial score (nSPS) is 14.4. The highest BCUT2D eigenvalue weighted by Crippen LogP contribution is 2.17. The van der Waals surface area contributed by atoms with Gasteiger partial charge < -0.3 is 9.47 Å². The zero-order chi connectivity index (χ0) is 17.6. The first kappa shape index (κ1) is 20.5. The molecule has 0 saturated carbocycles. The Morgan fingerprint density at radius 2 is 1.09 bits per heavy atom. The van der Waals surface area contributed by atoms with Crippen LogP contribution in [0.3, 0.4) is 0 Å². The van der Waals surface area contributed by atoms with Gasteiger partial charge in [0.15, 0.2) is 11.2 Å². The maximum atomic E-state index is 11.8. The van der Waals surface area contributed by atoms with Crippen LogP contribution >= 0.6 is 0 Å². The molecule has 4 nitrogen and oxygen atoms in total. The molecule has 126 valence electrons. The van der Waals surface area contributed by atoms with Gasteiger partial charge in [0.05, 0.1) is 11.8 Å². The fourth-order valence-electron chi connectivity index (χ4n) is 1.39. The molecule has 0 heterocycles. The van der Waals surface area contributed by atoms with Crippen molar-refractivity contribution in [1.29, 1.82) is 0 Å². The summed E-state index contributed by atoms with van der Waals surface area (Å²) < 4.78 is 10.8. The van der Waals surface area contributed by atoms with Crippen molar-refractivity contribution in [3.63, 3.8) is 0 Å². The van der Waals surface area contributed by atoms with E-state index < -0.39 is 11.2 Å². The first-order valence-corrected chi connectivity index (χ1v) is 7.94. The van der Waals surface area contributed by atoms with Gasteiger partial charge in [0.2, 0.25) is 0 Å². The van der Waals surface area contributed by atoms with Crippen LogP contribution in [0.1, 0.15) is 68.2 Å². The number of carbonyl (C=O) groups excluding carboxylic acids is 2. The molecular formula is C18H30O4. The highest BCUT2D eigenvalue weighted by Gasteiger charge is 2.26. The van der Waals surface area contributed by atoms with Crippen LogP contribution in [0.15, 0.2) is 0 Å². The summed E-state index contributed by atoms with van der Waals surface area (Å²) in [6.45, 7) is 14.4. The first-order valence-electron chi connectivity index (χ1n) is 7.94. The summed E-state index contributed by atoms with van der Waals surface area (Å²) in [5.74, 6) is 4.96. The molecule has 0 bridgehead atoms. The second-order valence-electron chi connectivity index (χ2n) is 6.73. The summed E-state index contributed by atoms with van der Waals surface area (Å²) in [6.07, 6.45) is 1.45. The molecule has 0 saturated heterocycles. The van der Waals surface area contributed by atoms with E-state index in [9.17, 15) is 9.59 Å². The van der Waals surface area contributed by atoms with Gasteiger partial charge in [0, 0.05) is 0 Å². The fourth-order valence-corrected chi connectivity index (χ4v) is 1.39. The Bertz CT molecular complexity index is 411. The molecule has 0 radical (unpaired) electrons. The standard InChI is InChI=1S/C18H30O4/c1-9-13(3)15(19)21-17(5,6)11-12-18(7,8)22-16(20)14(4)10-2/h13-14H,9-10H2,1-8H3. The van der Waals surface area contributed by atoms with Gasteiger partial charge in [-0.05, 0) is 40.5 Å². The number of carbonyl (C=O) groups is 2. The van der Waals surface area contributed by atoms with Crippen LogP contribution in [0.2, 0.25) is 0 Å². The Morgan fingerprint density at radius 1 is 0.818 bits per heavy atom. The van der Waals surface area contributed by atoms with E-state index in [1.807, 2.05) is 27.7 Å². The van der Waals surface area contributed by atoms with Crippen molar-refractivity contribution in [2.24, 2.45) is 11.8 Å². The van der Waals surface area contributed by atoms with E-state index >= 15 is 0 Å². The number of rotatable bonds is 6. The van der Waals surface area contributed by atoms with Crippen LogP contribution in [0.4, 0.5) is 0 Å². The third-order valence-corrected chi connectivity index (χ3v) is 3.41. The second kappa shape index (κ2) is 8.22. The monoisotopic (exact) mass is 310 g/mol. The van der Waals surface area contributed by atoms with Gasteiger partial charge in [-0.15, -0.1) is 0 Å². The van der Waals surface area contributed by atoms with Gasteiger partial charge in [0.25, 0.3) is 0 Å². The molecular weight excluding hydrogens is 280 g/mol. The molecule has 0 aromatic carbocycles. The molecule has 0 aliphatic rings. The summed E-state index contributed by atoms with van der Waals surface area (Å²) in [4.78, 5) is 23.7. The molecule has 0 aliphatic carbocycles. The lowest BCUT2D eigenvalue weighted by atomic mass is 10.0. The highest BCUT2D eigenvalue weighted by molar-refractivity contribution is 5.73. The Hall–Kier alpha value is -1.50. The lowest BCUT2D eigenvalue weighted by Gasteiger charge is -2.24. The Morgan fingerprint density at radius 3 is 1.32 bits per heavy atom. The SMILES string of the molecule is CCC(C)C(=O)OC(C)(C)C#CC(C)(C)OC(=O)C(C)CC. The number of ether oxygens (including phenoxy) is 2. The largest absolute Gasteiger partial charge is 0.446 e. The Kier molecular flexibility index (Phi) is 7.66. The van der Waals surface area contributed by atoms with Crippen LogP contribution in [0.5, 0.6) is 0 Å². The maximum absolute atomic E-state index is 11.8. The summed E-state index contributed by atoms with van der Waals surface area (Å²) in [6, 6.07) is 0. The Balaban J connectivity index is 4.87. The van der Waals surface area contributed by atoms with Crippen LogP contribution in [-0.4, -0.2) is 23.1 Å². The van der Waals surface area contributed by atoms with E-state index in [2.05, 4.69) is 11.8 Å². The Labute approximate surface area is 134 Å². The van der Waals surface area contributed by atoms with E-state index in [1.54, 1.807) is 27.7 Å². The molecule has 22 heavy (non-hydrogen) atoms. The number of hydrogen-bond donors (Lipinski definition) is 0. The van der Waals surface area contributed by atoms with Gasteiger partial charge in [-0.2, -0.15) is 0 Å². The fraction of sp³-hybridized carbons (Fsp3) is 0.778. The van der Waals surface area contributed by atoms with Crippen LogP contribution in [-0.2, 0) is 19.1 Å². The van der Waals surface area contributed by atoms with Crippen molar-refractivity contribution < 1.29 is 19.1 Å². The van der Waals surface area contributed by atoms with Crippen molar-refractivity contribution in [3.8, 4) is 11.8 Å². The van der Waals surface area contributed by atoms with Crippen molar-refractivity contribution in [2.75, 3.05) is 0 Å². The molecule has 0 aliphatic heterocycles. The third-order valence-electron chi connectivity index (χ3n) is 3.41. The van der Waals surface area contributed by atoms with Gasteiger partial charge in [-0.1, -0.05) is 39.5 Å². The maximum Gasteiger partial charge on any atom is 0.310 e. The van der Waals surface area contributed by atoms with Crippen LogP contribution < -0.4 is 0 Å². The summed E-state index contributed by atoms with van der Waals surface area (Å²) in [7, 11) is 0. The van der Waals surface area contributed by atoms with Crippen LogP contribution in [0, 0.1) is 23.7 Å². The average molecular weight is 310 g/mol. The molecule has 0 spiro atoms. The van der Waals surface area contributed by atoms with Crippen molar-refractivity contribution in [1.82, 2.24) is 0 Å². The predicted octanol–water partition coefficient (Wildman–Crippen LogP) is 3.73. The van der Waals surface area contributed by atoms with Gasteiger partial charge in [0.1, 0.15) is 0 Å². The van der Waals surface area contributed by atoms with Crippen molar-refractivity contribution in [2.45, 2.75) is 79.4 Å². The smallest absolute Gasteiger partial charge is 0.310 e. The first-order chi connectivity index (χ1) is 9.94. The molecule has 0 amide bonds. The summed E-state index contributed by atoms with van der Waals surface area (Å²) in [5, 5.41) is 0. The zero-order valence-corrected chi connectivity index (χ0v) is 15.2. The summed E-state index contributed by atoms with van der Waals surface area (Å²) in [5.41, 5.74) is -1.83. The molecule has 0 aromatic heterocycles. The topological polar surface area (TPSA) is 52.6 Å². The molecule has 2 atom stereocenters. The lowest BCUT2D eigenvalue weighted by Crippen LogP contribution is -2.32. The van der Waals surface area contributed by atoms with E-state index in [0.29, 0.717) is 0 Å². The molecule has 0 aromatic rings. The van der Waals surface area contributed by atoms with Crippen LogP contribution in [0.25, 0.3) is 0 Å². The van der Waals surface area contributed by atoms with Gasteiger partial charge >= 0.3 is 11.9 Å². The minimum absolute atomic E-state index is 0.155. The van der Waals surface area contributed by atoms with Crippen molar-refractivity contribution >= 4 is 11.9 Å². The van der Waals surface area contributed by atoms with E-state index in [0.717, 1.165) is 12.8 Å². The highest BCUT2D eigenvalue weighted by atomic mass is 16.6. The molecule has 0 rings (SSSR count). The average Bonchev–Trinajstić information content (AvgIpc) is 2.42. The molecule has 4 heteroatoms. The number of esters is 2. The molecule has 2 unspecified atom stereocenters. The minimum atomic E-state index is -0.916. The van der Waals surface area contributed by atoms with E-state index in [-0.39, 0.29) is 23.8 Å². The molecule has 0 N–H and O–H groups in total. The quantitative estimate of drug-likeness (QED) is 0.554. The van der Waals surface area contributed by atoms with Gasteiger partial charge in [-0.3, -0.25) is 9.59 Å².